The minimum absolute atomic E-state index is 0.171. The summed E-state index contributed by atoms with van der Waals surface area (Å²) in [5, 5.41) is 7.75. The van der Waals surface area contributed by atoms with Crippen molar-refractivity contribution in [3.8, 4) is 11.8 Å². The number of likely N-dealkylation sites (tertiary alicyclic amines) is 1. The second kappa shape index (κ2) is 6.69. The van der Waals surface area contributed by atoms with Gasteiger partial charge in [-0.25, -0.2) is 0 Å². The van der Waals surface area contributed by atoms with E-state index in [2.05, 4.69) is 10.2 Å². The SMILES string of the molecule is COc1ccc(O[C@@H]2CCN(C(=O)c3cccn(C)c3=O)C2)nn1. The maximum absolute atomic E-state index is 12.5. The molecule has 0 spiro atoms. The lowest BCUT2D eigenvalue weighted by molar-refractivity contribution is 0.0768. The highest BCUT2D eigenvalue weighted by atomic mass is 16.5. The van der Waals surface area contributed by atoms with Gasteiger partial charge in [0.25, 0.3) is 11.5 Å². The second-order valence-electron chi connectivity index (χ2n) is 5.53. The average Bonchev–Trinajstić information content (AvgIpc) is 3.06. The predicted octanol–water partition coefficient (Wildman–Crippen LogP) is 0.477. The third-order valence-electron chi connectivity index (χ3n) is 3.90. The van der Waals surface area contributed by atoms with Crippen LogP contribution in [0.4, 0.5) is 0 Å². The zero-order valence-corrected chi connectivity index (χ0v) is 13.5. The molecule has 8 nitrogen and oxygen atoms in total. The first-order chi connectivity index (χ1) is 11.6. The number of aryl methyl sites for hydroxylation is 1. The molecule has 1 aliphatic rings. The van der Waals surface area contributed by atoms with Crippen LogP contribution in [0.5, 0.6) is 11.8 Å². The number of ether oxygens (including phenoxy) is 2. The van der Waals surface area contributed by atoms with Crippen LogP contribution >= 0.6 is 0 Å². The fourth-order valence-corrected chi connectivity index (χ4v) is 2.59. The molecule has 0 aliphatic carbocycles. The highest BCUT2D eigenvalue weighted by Crippen LogP contribution is 2.18. The topological polar surface area (TPSA) is 86.5 Å². The molecular formula is C16H18N4O4. The molecule has 0 N–H and O–H groups in total. The van der Waals surface area contributed by atoms with Gasteiger partial charge in [-0.3, -0.25) is 9.59 Å². The summed E-state index contributed by atoms with van der Waals surface area (Å²) in [6.45, 7) is 0.940. The van der Waals surface area contributed by atoms with Gasteiger partial charge in [-0.1, -0.05) is 0 Å². The normalized spacial score (nSPS) is 16.9. The highest BCUT2D eigenvalue weighted by Gasteiger charge is 2.29. The summed E-state index contributed by atoms with van der Waals surface area (Å²) in [5.41, 5.74) is -0.127. The molecule has 24 heavy (non-hydrogen) atoms. The molecule has 0 aromatic carbocycles. The Balaban J connectivity index is 1.65. The van der Waals surface area contributed by atoms with Crippen LogP contribution in [0.15, 0.2) is 35.3 Å². The van der Waals surface area contributed by atoms with Crippen LogP contribution in [0.25, 0.3) is 0 Å². The molecule has 2 aromatic rings. The summed E-state index contributed by atoms with van der Waals surface area (Å²) in [7, 11) is 3.14. The Morgan fingerprint density at radius 1 is 1.25 bits per heavy atom. The van der Waals surface area contributed by atoms with Crippen LogP contribution in [-0.2, 0) is 7.05 Å². The Hall–Kier alpha value is -2.90. The summed E-state index contributed by atoms with van der Waals surface area (Å²) in [4.78, 5) is 26.2. The lowest BCUT2D eigenvalue weighted by Gasteiger charge is -2.16. The summed E-state index contributed by atoms with van der Waals surface area (Å²) < 4.78 is 12.1. The predicted molar refractivity (Wildman–Crippen MR) is 85.2 cm³/mol. The molecule has 2 aromatic heterocycles. The zero-order valence-electron chi connectivity index (χ0n) is 13.5. The van der Waals surface area contributed by atoms with E-state index in [9.17, 15) is 9.59 Å². The van der Waals surface area contributed by atoms with E-state index >= 15 is 0 Å². The van der Waals surface area contributed by atoms with E-state index in [0.717, 1.165) is 0 Å². The van der Waals surface area contributed by atoms with Crippen molar-refractivity contribution in [2.24, 2.45) is 7.05 Å². The maximum Gasteiger partial charge on any atom is 0.263 e. The van der Waals surface area contributed by atoms with Gasteiger partial charge in [0, 0.05) is 38.3 Å². The lowest BCUT2D eigenvalue weighted by Crippen LogP contribution is -2.35. The Morgan fingerprint density at radius 3 is 2.71 bits per heavy atom. The van der Waals surface area contributed by atoms with Crippen LogP contribution in [-0.4, -0.2) is 51.9 Å². The van der Waals surface area contributed by atoms with E-state index < -0.39 is 0 Å². The molecule has 1 atom stereocenters. The number of pyridine rings is 1. The van der Waals surface area contributed by atoms with Gasteiger partial charge in [0.2, 0.25) is 11.8 Å². The van der Waals surface area contributed by atoms with Gasteiger partial charge in [0.05, 0.1) is 13.7 Å². The van der Waals surface area contributed by atoms with E-state index in [4.69, 9.17) is 9.47 Å². The molecule has 1 aliphatic heterocycles. The van der Waals surface area contributed by atoms with Crippen LogP contribution in [0.1, 0.15) is 16.8 Å². The van der Waals surface area contributed by atoms with Crippen molar-refractivity contribution in [1.82, 2.24) is 19.7 Å². The highest BCUT2D eigenvalue weighted by molar-refractivity contribution is 5.94. The Kier molecular flexibility index (Phi) is 4.45. The molecule has 0 radical (unpaired) electrons. The van der Waals surface area contributed by atoms with Crippen molar-refractivity contribution in [1.29, 1.82) is 0 Å². The number of carbonyl (C=O) groups is 1. The van der Waals surface area contributed by atoms with Gasteiger partial charge >= 0.3 is 0 Å². The van der Waals surface area contributed by atoms with Gasteiger partial charge in [0.15, 0.2) is 0 Å². The number of aromatic nitrogens is 3. The van der Waals surface area contributed by atoms with Crippen LogP contribution in [0.2, 0.25) is 0 Å². The fourth-order valence-electron chi connectivity index (χ4n) is 2.59. The lowest BCUT2D eigenvalue weighted by atomic mass is 10.2. The number of amides is 1. The molecule has 3 rings (SSSR count). The Morgan fingerprint density at radius 2 is 2.00 bits per heavy atom. The van der Waals surface area contributed by atoms with E-state index in [1.807, 2.05) is 0 Å². The minimum atomic E-state index is -0.298. The number of nitrogens with zero attached hydrogens (tertiary/aromatic N) is 4. The van der Waals surface area contributed by atoms with Crippen molar-refractivity contribution in [3.05, 3.63) is 46.4 Å². The van der Waals surface area contributed by atoms with Gasteiger partial charge < -0.3 is 18.9 Å². The molecule has 3 heterocycles. The van der Waals surface area contributed by atoms with Crippen molar-refractivity contribution in [3.63, 3.8) is 0 Å². The van der Waals surface area contributed by atoms with E-state index in [-0.39, 0.29) is 23.1 Å². The van der Waals surface area contributed by atoms with E-state index in [1.54, 1.807) is 42.4 Å². The smallest absolute Gasteiger partial charge is 0.263 e. The Labute approximate surface area is 138 Å². The number of rotatable bonds is 4. The van der Waals surface area contributed by atoms with Gasteiger partial charge in [0.1, 0.15) is 11.7 Å². The van der Waals surface area contributed by atoms with Crippen molar-refractivity contribution in [2.75, 3.05) is 20.2 Å². The standard InChI is InChI=1S/C16H18N4O4/c1-19-8-3-4-12(15(19)21)16(22)20-9-7-11(10-20)24-14-6-5-13(23-2)17-18-14/h3-6,8,11H,7,9-10H2,1-2H3/t11-/m1/s1. The number of hydrogen-bond acceptors (Lipinski definition) is 6. The van der Waals surface area contributed by atoms with Crippen molar-refractivity contribution in [2.45, 2.75) is 12.5 Å². The quantitative estimate of drug-likeness (QED) is 0.810. The molecule has 0 saturated carbocycles. The van der Waals surface area contributed by atoms with Gasteiger partial charge in [-0.15, -0.1) is 10.2 Å². The number of hydrogen-bond donors (Lipinski definition) is 0. The molecule has 1 amide bonds. The van der Waals surface area contributed by atoms with E-state index in [0.29, 0.717) is 31.3 Å². The summed E-state index contributed by atoms with van der Waals surface area (Å²) >= 11 is 0. The van der Waals surface area contributed by atoms with Crippen molar-refractivity contribution < 1.29 is 14.3 Å². The number of methoxy groups -OCH3 is 1. The first-order valence-electron chi connectivity index (χ1n) is 7.58. The third kappa shape index (κ3) is 3.22. The summed E-state index contributed by atoms with van der Waals surface area (Å²) in [6.07, 6.45) is 2.12. The molecular weight excluding hydrogens is 312 g/mol. The fraction of sp³-hybridized carbons (Fsp3) is 0.375. The maximum atomic E-state index is 12.5. The summed E-state index contributed by atoms with van der Waals surface area (Å²) in [6, 6.07) is 6.57. The minimum Gasteiger partial charge on any atom is -0.480 e. The molecule has 1 fully saturated rings. The van der Waals surface area contributed by atoms with Gasteiger partial charge in [-0.05, 0) is 12.1 Å². The first-order valence-corrected chi connectivity index (χ1v) is 7.58. The number of carbonyl (C=O) groups excluding carboxylic acids is 1. The Bertz CT molecular complexity index is 787. The molecule has 0 unspecified atom stereocenters. The molecule has 1 saturated heterocycles. The van der Waals surface area contributed by atoms with Crippen LogP contribution < -0.4 is 15.0 Å². The molecule has 0 bridgehead atoms. The average molecular weight is 330 g/mol. The first kappa shape index (κ1) is 16.0. The third-order valence-corrected chi connectivity index (χ3v) is 3.90. The van der Waals surface area contributed by atoms with Gasteiger partial charge in [-0.2, -0.15) is 0 Å². The largest absolute Gasteiger partial charge is 0.480 e. The molecule has 8 heteroatoms. The monoisotopic (exact) mass is 330 g/mol. The summed E-state index contributed by atoms with van der Waals surface area (Å²) in [5.74, 6) is 0.513. The van der Waals surface area contributed by atoms with Crippen molar-refractivity contribution >= 4 is 5.91 Å². The van der Waals surface area contributed by atoms with Crippen LogP contribution in [0.3, 0.4) is 0 Å². The van der Waals surface area contributed by atoms with E-state index in [1.165, 1.54) is 11.7 Å². The molecule has 126 valence electrons. The zero-order chi connectivity index (χ0) is 17.1. The van der Waals surface area contributed by atoms with Crippen LogP contribution in [0, 0.1) is 0 Å². The second-order valence-corrected chi connectivity index (χ2v) is 5.53.